The van der Waals surface area contributed by atoms with E-state index in [1.54, 1.807) is 24.3 Å². The number of phenolic OH excluding ortho intramolecular Hbond substituents is 1. The molecule has 27 heavy (non-hydrogen) atoms. The lowest BCUT2D eigenvalue weighted by atomic mass is 9.65. The average molecular weight is 368 g/mol. The van der Waals surface area contributed by atoms with Crippen LogP contribution >= 0.6 is 0 Å². The number of carboxylic acids is 1. The summed E-state index contributed by atoms with van der Waals surface area (Å²) in [5, 5.41) is 21.6. The summed E-state index contributed by atoms with van der Waals surface area (Å²) in [6.45, 7) is 0. The van der Waals surface area contributed by atoms with Crippen LogP contribution in [0.1, 0.15) is 48.9 Å². The Bertz CT molecular complexity index is 874. The van der Waals surface area contributed by atoms with Crippen molar-refractivity contribution in [2.45, 2.75) is 44.6 Å². The Morgan fingerprint density at radius 3 is 2.56 bits per heavy atom. The van der Waals surface area contributed by atoms with E-state index in [-0.39, 0.29) is 17.2 Å². The van der Waals surface area contributed by atoms with Crippen LogP contribution in [0.5, 0.6) is 5.75 Å². The molecule has 2 fully saturated rings. The zero-order valence-electron chi connectivity index (χ0n) is 15.1. The Morgan fingerprint density at radius 2 is 1.74 bits per heavy atom. The van der Waals surface area contributed by atoms with E-state index < -0.39 is 24.0 Å². The second-order valence-electron chi connectivity index (χ2n) is 7.78. The minimum Gasteiger partial charge on any atom is -0.506 e. The Morgan fingerprint density at radius 1 is 0.963 bits per heavy atom. The first-order valence-corrected chi connectivity index (χ1v) is 9.70. The summed E-state index contributed by atoms with van der Waals surface area (Å²) in [6.07, 6.45) is 4.98. The predicted molar refractivity (Wildman–Crippen MR) is 101 cm³/mol. The molecule has 4 rings (SSSR count). The molecule has 2 aromatic carbocycles. The van der Waals surface area contributed by atoms with Crippen molar-refractivity contribution in [3.8, 4) is 5.75 Å². The molecule has 2 aliphatic carbocycles. The summed E-state index contributed by atoms with van der Waals surface area (Å²) < 4.78 is 5.77. The van der Waals surface area contributed by atoms with E-state index in [4.69, 9.17) is 4.74 Å². The second kappa shape index (κ2) is 7.22. The van der Waals surface area contributed by atoms with Gasteiger partial charge < -0.3 is 14.9 Å². The predicted octanol–water partition coefficient (Wildman–Crippen LogP) is 4.37. The first kappa shape index (κ1) is 17.8. The van der Waals surface area contributed by atoms with Gasteiger partial charge in [0.2, 0.25) is 0 Å². The molecule has 0 saturated heterocycles. The van der Waals surface area contributed by atoms with E-state index in [0.717, 1.165) is 37.5 Å². The van der Waals surface area contributed by atoms with E-state index in [0.29, 0.717) is 17.7 Å². The zero-order chi connectivity index (χ0) is 19.0. The molecule has 0 heterocycles. The second-order valence-corrected chi connectivity index (χ2v) is 7.78. The molecular weight excluding hydrogens is 344 g/mol. The average Bonchev–Trinajstić information content (AvgIpc) is 2.68. The van der Waals surface area contributed by atoms with Crippen LogP contribution in [0.4, 0.5) is 0 Å². The molecule has 0 spiro atoms. The van der Waals surface area contributed by atoms with Gasteiger partial charge in [-0.3, -0.25) is 4.79 Å². The smallest absolute Gasteiger partial charge is 0.342 e. The van der Waals surface area contributed by atoms with Crippen LogP contribution in [-0.4, -0.2) is 28.3 Å². The largest absolute Gasteiger partial charge is 0.506 e. The van der Waals surface area contributed by atoms with E-state index in [9.17, 15) is 19.8 Å². The quantitative estimate of drug-likeness (QED) is 0.786. The molecule has 2 N–H and O–H groups in total. The number of hydrogen-bond donors (Lipinski definition) is 2. The summed E-state index contributed by atoms with van der Waals surface area (Å²) in [5.74, 6) is -1.80. The number of esters is 1. The molecule has 0 aliphatic heterocycles. The number of aliphatic carboxylic acids is 1. The van der Waals surface area contributed by atoms with Gasteiger partial charge in [0, 0.05) is 5.39 Å². The monoisotopic (exact) mass is 368 g/mol. The lowest BCUT2D eigenvalue weighted by Crippen LogP contribution is -2.46. The van der Waals surface area contributed by atoms with Gasteiger partial charge >= 0.3 is 11.9 Å². The van der Waals surface area contributed by atoms with E-state index in [1.807, 2.05) is 12.1 Å². The molecule has 2 saturated carbocycles. The normalized spacial score (nSPS) is 27.7. The number of aromatic hydroxyl groups is 1. The summed E-state index contributed by atoms with van der Waals surface area (Å²) >= 11 is 0. The minimum atomic E-state index is -0.903. The molecule has 4 unspecified atom stereocenters. The molecule has 5 heteroatoms. The van der Waals surface area contributed by atoms with E-state index >= 15 is 0 Å². The topological polar surface area (TPSA) is 83.8 Å². The molecule has 0 bridgehead atoms. The maximum Gasteiger partial charge on any atom is 0.342 e. The molecular formula is C22H24O5. The van der Waals surface area contributed by atoms with Gasteiger partial charge in [0.05, 0.1) is 5.92 Å². The molecule has 0 amide bonds. The van der Waals surface area contributed by atoms with Crippen LogP contribution < -0.4 is 0 Å². The fourth-order valence-corrected chi connectivity index (χ4v) is 4.92. The fraction of sp³-hybridized carbons (Fsp3) is 0.455. The van der Waals surface area contributed by atoms with Crippen molar-refractivity contribution in [1.82, 2.24) is 0 Å². The molecule has 0 aromatic heterocycles. The van der Waals surface area contributed by atoms with Gasteiger partial charge in [-0.05, 0) is 42.6 Å². The van der Waals surface area contributed by atoms with Crippen molar-refractivity contribution in [1.29, 1.82) is 0 Å². The molecule has 4 atom stereocenters. The molecule has 0 radical (unpaired) electrons. The van der Waals surface area contributed by atoms with Crippen molar-refractivity contribution >= 4 is 22.7 Å². The number of carbonyl (C=O) groups excluding carboxylic acids is 1. The van der Waals surface area contributed by atoms with E-state index in [1.165, 1.54) is 0 Å². The molecule has 142 valence electrons. The number of phenols is 1. The van der Waals surface area contributed by atoms with Crippen LogP contribution in [0, 0.1) is 17.8 Å². The molecule has 2 aliphatic rings. The SMILES string of the molecule is O=C(OC1C(C(=O)O)CCC2CCCCC21)c1ccc2ccccc2c1O. The fourth-order valence-electron chi connectivity index (χ4n) is 4.92. The Labute approximate surface area is 158 Å². The number of hydrogen-bond acceptors (Lipinski definition) is 4. The number of fused-ring (bicyclic) bond motifs is 2. The summed E-state index contributed by atoms with van der Waals surface area (Å²) in [6, 6.07) is 10.6. The van der Waals surface area contributed by atoms with Gasteiger partial charge in [0.1, 0.15) is 17.4 Å². The highest BCUT2D eigenvalue weighted by atomic mass is 16.5. The summed E-state index contributed by atoms with van der Waals surface area (Å²) in [4.78, 5) is 24.6. The highest BCUT2D eigenvalue weighted by Gasteiger charge is 2.45. The van der Waals surface area contributed by atoms with Crippen molar-refractivity contribution < 1.29 is 24.5 Å². The van der Waals surface area contributed by atoms with Crippen molar-refractivity contribution in [3.63, 3.8) is 0 Å². The van der Waals surface area contributed by atoms with Crippen molar-refractivity contribution in [2.24, 2.45) is 17.8 Å². The molecule has 5 nitrogen and oxygen atoms in total. The van der Waals surface area contributed by atoms with Crippen molar-refractivity contribution in [3.05, 3.63) is 42.0 Å². The maximum absolute atomic E-state index is 12.8. The van der Waals surface area contributed by atoms with Gasteiger partial charge in [-0.25, -0.2) is 4.79 Å². The number of rotatable bonds is 3. The van der Waals surface area contributed by atoms with Crippen LogP contribution in [0.2, 0.25) is 0 Å². The van der Waals surface area contributed by atoms with Crippen molar-refractivity contribution in [2.75, 3.05) is 0 Å². The van der Waals surface area contributed by atoms with Gasteiger partial charge in [-0.15, -0.1) is 0 Å². The van der Waals surface area contributed by atoms with Gasteiger partial charge in [-0.1, -0.05) is 49.6 Å². The lowest BCUT2D eigenvalue weighted by Gasteiger charge is -2.43. The Hall–Kier alpha value is -2.56. The van der Waals surface area contributed by atoms with Gasteiger partial charge in [0.25, 0.3) is 0 Å². The van der Waals surface area contributed by atoms with Crippen LogP contribution in [0.3, 0.4) is 0 Å². The maximum atomic E-state index is 12.8. The van der Waals surface area contributed by atoms with Crippen LogP contribution in [-0.2, 0) is 9.53 Å². The lowest BCUT2D eigenvalue weighted by molar-refractivity contribution is -0.152. The highest BCUT2D eigenvalue weighted by molar-refractivity contribution is 6.01. The number of benzene rings is 2. The van der Waals surface area contributed by atoms with Crippen LogP contribution in [0.25, 0.3) is 10.8 Å². The summed E-state index contributed by atoms with van der Waals surface area (Å²) in [7, 11) is 0. The summed E-state index contributed by atoms with van der Waals surface area (Å²) in [5.41, 5.74) is 0.0933. The third kappa shape index (κ3) is 3.27. The number of ether oxygens (including phenoxy) is 1. The van der Waals surface area contributed by atoms with Gasteiger partial charge in [-0.2, -0.15) is 0 Å². The third-order valence-corrected chi connectivity index (χ3v) is 6.32. The highest BCUT2D eigenvalue weighted by Crippen LogP contribution is 2.45. The number of carboxylic acid groups (broad SMARTS) is 1. The standard InChI is InChI=1S/C22H24O5/c23-19-15-7-3-1-5-13(15)9-11-17(19)22(26)27-20-16-8-4-2-6-14(16)10-12-18(20)21(24)25/h1,3,5,7,9,11,14,16,18,20,23H,2,4,6,8,10,12H2,(H,24,25). The third-order valence-electron chi connectivity index (χ3n) is 6.32. The Balaban J connectivity index is 1.63. The van der Waals surface area contributed by atoms with E-state index in [2.05, 4.69) is 0 Å². The first-order chi connectivity index (χ1) is 13.1. The van der Waals surface area contributed by atoms with Gasteiger partial charge in [0.15, 0.2) is 0 Å². The number of carbonyl (C=O) groups is 2. The zero-order valence-corrected chi connectivity index (χ0v) is 15.1. The Kier molecular flexibility index (Phi) is 4.77. The van der Waals surface area contributed by atoms with Crippen LogP contribution in [0.15, 0.2) is 36.4 Å². The minimum absolute atomic E-state index is 0.0933. The first-order valence-electron chi connectivity index (χ1n) is 9.70. The molecule has 2 aromatic rings.